The molecule has 0 amide bonds. The van der Waals surface area contributed by atoms with E-state index in [2.05, 4.69) is 116 Å². The molecule has 3 aromatic carbocycles. The molecule has 271 valence electrons. The Kier molecular flexibility index (Phi) is 11.9. The van der Waals surface area contributed by atoms with Gasteiger partial charge in [-0.1, -0.05) is 48.8 Å². The van der Waals surface area contributed by atoms with Crippen LogP contribution in [0.5, 0.6) is 0 Å². The van der Waals surface area contributed by atoms with Gasteiger partial charge in [0.1, 0.15) is 0 Å². The number of para-hydroxylation sites is 2. The minimum absolute atomic E-state index is 0. The zero-order valence-corrected chi connectivity index (χ0v) is 36.1. The predicted octanol–water partition coefficient (Wildman–Crippen LogP) is 11.4. The quantitative estimate of drug-likeness (QED) is 0.113. The van der Waals surface area contributed by atoms with Crippen molar-refractivity contribution >= 4 is 50.8 Å². The topological polar surface area (TPSA) is 56.7 Å². The van der Waals surface area contributed by atoms with Crippen LogP contribution in [0.3, 0.4) is 0 Å². The number of nitrogens with zero attached hydrogens (tertiary/aromatic N) is 4. The number of benzene rings is 3. The van der Waals surface area contributed by atoms with Crippen LogP contribution in [0.2, 0.25) is 17.3 Å². The summed E-state index contributed by atoms with van der Waals surface area (Å²) in [4.78, 5) is 14.6. The van der Waals surface area contributed by atoms with Gasteiger partial charge in [0.05, 0.1) is 22.4 Å². The molecule has 5 nitrogen and oxygen atoms in total. The fraction of sp³-hybridized carbons (Fsp3) is 0.356. The second-order valence-electron chi connectivity index (χ2n) is 15.9. The zero-order chi connectivity index (χ0) is 35.7. The Bertz CT molecular complexity index is 2280. The van der Waals surface area contributed by atoms with Gasteiger partial charge in [-0.15, -0.1) is 18.2 Å². The van der Waals surface area contributed by atoms with Crippen molar-refractivity contribution in [3.63, 3.8) is 0 Å². The first-order valence-electron chi connectivity index (χ1n) is 18.7. The molecule has 8 rings (SSSR count). The number of hydrogen-bond acceptors (Lipinski definition) is 4. The Morgan fingerprint density at radius 2 is 1.63 bits per heavy atom. The second kappa shape index (κ2) is 16.2. The summed E-state index contributed by atoms with van der Waals surface area (Å²) in [5.74, 6) is 9.66. The maximum absolute atomic E-state index is 6.38. The largest absolute Gasteiger partial charge is 0.486 e. The third-order valence-electron chi connectivity index (χ3n) is 10.1. The molecule has 0 bridgehead atoms. The summed E-state index contributed by atoms with van der Waals surface area (Å²) >= 11 is -1.86. The number of aromatic nitrogens is 4. The number of furan rings is 1. The standard InChI is InChI=1S/C27H26N3O.C18H24GeN.Ir/c1-17(2)30-24-13-6-5-12-23(24)29-26(30)22-11-7-10-20-21-15-14-19(16-18-8-3-4-9-18)28-27(21)31-25(20)22;1-14(2)11-16-12-18(15-9-7-6-8-10-15)20-13-17(16)19(3,4)5;/h5-7,10,12-15,17-18H,3-4,8-9,16H2,1-2H3;6-9,12-14H,11H2,1-5H3;/q2*-1;. The van der Waals surface area contributed by atoms with Crippen LogP contribution in [0.25, 0.3) is 55.7 Å². The predicted molar refractivity (Wildman–Crippen MR) is 215 cm³/mol. The molecule has 0 N–H and O–H groups in total. The summed E-state index contributed by atoms with van der Waals surface area (Å²) in [6.45, 7) is 8.95. The molecule has 7 aromatic rings. The molecular weight excluding hydrogens is 877 g/mol. The van der Waals surface area contributed by atoms with E-state index in [0.29, 0.717) is 5.92 Å². The summed E-state index contributed by atoms with van der Waals surface area (Å²) in [6, 6.07) is 34.0. The van der Waals surface area contributed by atoms with E-state index >= 15 is 0 Å². The zero-order valence-electron chi connectivity index (χ0n) is 31.6. The minimum atomic E-state index is -1.86. The maximum Gasteiger partial charge on any atom is 0.216 e. The van der Waals surface area contributed by atoms with Crippen LogP contribution in [0.1, 0.15) is 70.7 Å². The van der Waals surface area contributed by atoms with E-state index in [1.807, 2.05) is 30.3 Å². The van der Waals surface area contributed by atoms with Crippen molar-refractivity contribution in [2.75, 3.05) is 0 Å². The van der Waals surface area contributed by atoms with Gasteiger partial charge < -0.3 is 8.98 Å². The van der Waals surface area contributed by atoms with Gasteiger partial charge in [0, 0.05) is 37.2 Å². The number of imidazole rings is 1. The van der Waals surface area contributed by atoms with Gasteiger partial charge in [-0.25, -0.2) is 4.98 Å². The number of fused-ring (bicyclic) bond motifs is 4. The summed E-state index contributed by atoms with van der Waals surface area (Å²) < 4.78 is 10.2. The van der Waals surface area contributed by atoms with Crippen LogP contribution in [-0.2, 0) is 32.9 Å². The van der Waals surface area contributed by atoms with E-state index in [-0.39, 0.29) is 26.1 Å². The van der Waals surface area contributed by atoms with E-state index in [0.717, 1.165) is 80.2 Å². The van der Waals surface area contributed by atoms with Crippen LogP contribution >= 0.6 is 0 Å². The molecular formula is C45H50GeIrN4O-2. The van der Waals surface area contributed by atoms with Crippen molar-refractivity contribution in [2.24, 2.45) is 11.8 Å². The van der Waals surface area contributed by atoms with Gasteiger partial charge in [-0.05, 0) is 50.5 Å². The first kappa shape index (κ1) is 38.2. The van der Waals surface area contributed by atoms with Crippen LogP contribution in [0.15, 0.2) is 89.5 Å². The van der Waals surface area contributed by atoms with Gasteiger partial charge in [-0.3, -0.25) is 4.98 Å². The van der Waals surface area contributed by atoms with Crippen molar-refractivity contribution < 1.29 is 24.5 Å². The van der Waals surface area contributed by atoms with E-state index in [4.69, 9.17) is 19.4 Å². The Morgan fingerprint density at radius 3 is 2.35 bits per heavy atom. The van der Waals surface area contributed by atoms with Gasteiger partial charge in [0.2, 0.25) is 5.71 Å². The molecule has 0 atom stereocenters. The normalized spacial score (nSPS) is 13.6. The first-order valence-corrected chi connectivity index (χ1v) is 26.1. The Morgan fingerprint density at radius 1 is 0.865 bits per heavy atom. The van der Waals surface area contributed by atoms with Gasteiger partial charge >= 0.3 is 126 Å². The minimum Gasteiger partial charge on any atom is -0.486 e. The van der Waals surface area contributed by atoms with Crippen molar-refractivity contribution in [3.05, 3.63) is 108 Å². The van der Waals surface area contributed by atoms with E-state index in [1.54, 1.807) is 4.40 Å². The van der Waals surface area contributed by atoms with E-state index in [1.165, 1.54) is 31.2 Å². The molecule has 0 unspecified atom stereocenters. The Hall–Kier alpha value is -3.58. The third-order valence-corrected chi connectivity index (χ3v) is 14.4. The number of pyridine rings is 2. The molecule has 0 aliphatic heterocycles. The molecule has 4 heterocycles. The summed E-state index contributed by atoms with van der Waals surface area (Å²) in [5, 5.41) is 2.14. The second-order valence-corrected chi connectivity index (χ2v) is 26.5. The van der Waals surface area contributed by atoms with Crippen molar-refractivity contribution in [3.8, 4) is 22.6 Å². The van der Waals surface area contributed by atoms with Crippen LogP contribution < -0.4 is 4.40 Å². The average Bonchev–Trinajstić information content (AvgIpc) is 3.85. The summed E-state index contributed by atoms with van der Waals surface area (Å²) in [6.07, 6.45) is 9.68. The van der Waals surface area contributed by atoms with Gasteiger partial charge in [0.25, 0.3) is 0 Å². The van der Waals surface area contributed by atoms with Crippen LogP contribution in [0, 0.1) is 24.0 Å². The smallest absolute Gasteiger partial charge is 0.216 e. The number of rotatable bonds is 8. The average molecular weight is 928 g/mol. The molecule has 52 heavy (non-hydrogen) atoms. The monoisotopic (exact) mass is 929 g/mol. The van der Waals surface area contributed by atoms with Crippen LogP contribution in [-0.4, -0.2) is 32.8 Å². The van der Waals surface area contributed by atoms with Crippen molar-refractivity contribution in [2.45, 2.75) is 89.5 Å². The van der Waals surface area contributed by atoms with Gasteiger partial charge in [0.15, 0.2) is 0 Å². The molecule has 7 heteroatoms. The van der Waals surface area contributed by atoms with E-state index < -0.39 is 13.3 Å². The molecule has 1 radical (unpaired) electrons. The molecule has 1 aliphatic rings. The van der Waals surface area contributed by atoms with Crippen molar-refractivity contribution in [1.29, 1.82) is 0 Å². The first-order chi connectivity index (χ1) is 24.6. The summed E-state index contributed by atoms with van der Waals surface area (Å²) in [5.41, 5.74) is 9.34. The van der Waals surface area contributed by atoms with Crippen LogP contribution in [0.4, 0.5) is 0 Å². The van der Waals surface area contributed by atoms with Crippen molar-refractivity contribution in [1.82, 2.24) is 19.5 Å². The maximum atomic E-state index is 6.38. The Labute approximate surface area is 325 Å². The fourth-order valence-corrected chi connectivity index (χ4v) is 11.0. The SMILES string of the molecule is CC(C)Cc1cc(-c2[c-]cccc2)nc[c]1[Ge]([CH3])([CH3])[CH3].CC(C)n1c(-c2[c-]ccc3c2oc2nc(CC4CCCC4)ccc23)nc2ccccc21.[Ir]. The number of hydrogen-bond donors (Lipinski definition) is 0. The molecule has 0 saturated heterocycles. The molecule has 0 spiro atoms. The Balaban J connectivity index is 0.000000193. The molecule has 1 saturated carbocycles. The molecule has 4 aromatic heterocycles. The molecule has 1 fully saturated rings. The van der Waals surface area contributed by atoms with E-state index in [9.17, 15) is 0 Å². The van der Waals surface area contributed by atoms with Gasteiger partial charge in [-0.2, -0.15) is 0 Å². The fourth-order valence-electron chi connectivity index (χ4n) is 7.68. The molecule has 1 aliphatic carbocycles. The summed E-state index contributed by atoms with van der Waals surface area (Å²) in [7, 11) is 0. The third kappa shape index (κ3) is 8.15.